The van der Waals surface area contributed by atoms with Crippen molar-refractivity contribution in [3.63, 3.8) is 0 Å². The standard InChI is InChI=1S/C5H5N3O2S5/c9-4(8-10)3-1-6-5(7-2-3)15(12)14-13-11/h1-2,10-11H,(H,8,9). The largest absolute Gasteiger partial charge is 0.288 e. The molecule has 0 fully saturated rings. The maximum absolute atomic E-state index is 10.9. The van der Waals surface area contributed by atoms with Crippen LogP contribution in [-0.2, 0) is 19.7 Å². The lowest BCUT2D eigenvalue weighted by Gasteiger charge is -2.01. The van der Waals surface area contributed by atoms with Gasteiger partial charge in [0.25, 0.3) is 5.91 Å². The monoisotopic (exact) mass is 299 g/mol. The molecule has 1 amide bonds. The zero-order valence-electron chi connectivity index (χ0n) is 6.98. The van der Waals surface area contributed by atoms with Crippen molar-refractivity contribution in [2.75, 3.05) is 0 Å². The summed E-state index contributed by atoms with van der Waals surface area (Å²) >= 11 is 9.03. The second-order valence-electron chi connectivity index (χ2n) is 2.07. The third kappa shape index (κ3) is 3.89. The topological polar surface area (TPSA) is 75.1 Å². The van der Waals surface area contributed by atoms with Crippen LogP contribution in [0.2, 0.25) is 0 Å². The molecule has 1 aromatic heterocycles. The van der Waals surface area contributed by atoms with Crippen molar-refractivity contribution in [1.82, 2.24) is 15.4 Å². The van der Waals surface area contributed by atoms with E-state index in [1.807, 2.05) is 0 Å². The van der Waals surface area contributed by atoms with Crippen LogP contribution in [-0.4, -0.2) is 21.1 Å². The zero-order valence-corrected chi connectivity index (χ0v) is 11.1. The Kier molecular flexibility index (Phi) is 5.86. The summed E-state index contributed by atoms with van der Waals surface area (Å²) in [5.41, 5.74) is 1.67. The highest BCUT2D eigenvalue weighted by Crippen LogP contribution is 2.31. The number of amides is 1. The third-order valence-electron chi connectivity index (χ3n) is 1.23. The summed E-state index contributed by atoms with van der Waals surface area (Å²) in [6, 6.07) is 0. The first-order valence-corrected chi connectivity index (χ1v) is 9.22. The molecule has 10 heteroatoms. The number of nitrogens with zero attached hydrogens (tertiary/aromatic N) is 2. The smallest absolute Gasteiger partial charge is 0.277 e. The molecule has 0 saturated carbocycles. The van der Waals surface area contributed by atoms with E-state index in [0.717, 1.165) is 0 Å². The lowest BCUT2D eigenvalue weighted by molar-refractivity contribution is 0.0705. The minimum Gasteiger partial charge on any atom is -0.288 e. The van der Waals surface area contributed by atoms with Crippen molar-refractivity contribution < 1.29 is 10.0 Å². The van der Waals surface area contributed by atoms with E-state index >= 15 is 0 Å². The molecule has 0 bridgehead atoms. The van der Waals surface area contributed by atoms with E-state index in [2.05, 4.69) is 21.6 Å². The molecule has 1 aromatic rings. The van der Waals surface area contributed by atoms with Gasteiger partial charge in [0.2, 0.25) is 5.16 Å². The van der Waals surface area contributed by atoms with Gasteiger partial charge in [0.15, 0.2) is 0 Å². The van der Waals surface area contributed by atoms with Crippen molar-refractivity contribution in [1.29, 1.82) is 0 Å². The van der Waals surface area contributed by atoms with Gasteiger partial charge in [0.1, 0.15) is 0 Å². The van der Waals surface area contributed by atoms with Gasteiger partial charge in [-0.1, -0.05) is 11.7 Å². The first-order chi connectivity index (χ1) is 7.19. The fourth-order valence-corrected chi connectivity index (χ4v) is 6.45. The normalized spacial score (nSPS) is 12.1. The maximum Gasteiger partial charge on any atom is 0.277 e. The van der Waals surface area contributed by atoms with Crippen molar-refractivity contribution in [3.8, 4) is 0 Å². The van der Waals surface area contributed by atoms with Crippen LogP contribution in [0.25, 0.3) is 0 Å². The molecule has 1 heterocycles. The molecule has 15 heavy (non-hydrogen) atoms. The Balaban J connectivity index is 2.80. The highest BCUT2D eigenvalue weighted by atomic mass is 33.7. The summed E-state index contributed by atoms with van der Waals surface area (Å²) in [5.74, 6) is -0.651. The van der Waals surface area contributed by atoms with Crippen molar-refractivity contribution in [2.45, 2.75) is 5.16 Å². The van der Waals surface area contributed by atoms with Gasteiger partial charge >= 0.3 is 0 Å². The first kappa shape index (κ1) is 13.2. The van der Waals surface area contributed by atoms with E-state index in [-0.39, 0.29) is 5.56 Å². The molecule has 0 aromatic carbocycles. The average molecular weight is 299 g/mol. The van der Waals surface area contributed by atoms with E-state index < -0.39 is 14.4 Å². The lowest BCUT2D eigenvalue weighted by Crippen LogP contribution is -2.19. The molecule has 1 rings (SSSR count). The van der Waals surface area contributed by atoms with Gasteiger partial charge in [-0.05, 0) is 30.8 Å². The van der Waals surface area contributed by atoms with E-state index in [1.54, 1.807) is 0 Å². The van der Waals surface area contributed by atoms with Gasteiger partial charge in [-0.25, -0.2) is 15.4 Å². The molecule has 5 nitrogen and oxygen atoms in total. The Morgan fingerprint density at radius 3 is 2.67 bits per heavy atom. The lowest BCUT2D eigenvalue weighted by atomic mass is 10.3. The van der Waals surface area contributed by atoms with E-state index in [1.165, 1.54) is 37.5 Å². The summed E-state index contributed by atoms with van der Waals surface area (Å²) in [5, 5.41) is 8.82. The van der Waals surface area contributed by atoms with Crippen LogP contribution >= 0.6 is 31.3 Å². The van der Waals surface area contributed by atoms with Crippen LogP contribution in [0, 0.1) is 0 Å². The molecule has 1 atom stereocenters. The number of carbonyl (C=O) groups excluding carboxylic acids is 1. The van der Waals surface area contributed by atoms with Crippen LogP contribution in [0.4, 0.5) is 0 Å². The molecule has 82 valence electrons. The fraction of sp³-hybridized carbons (Fsp3) is 0. The molecular formula is C5H5N3O2S5. The summed E-state index contributed by atoms with van der Waals surface area (Å²) in [7, 11) is 2.01. The van der Waals surface area contributed by atoms with Gasteiger partial charge in [-0.15, -0.1) is 0 Å². The van der Waals surface area contributed by atoms with Gasteiger partial charge in [0.05, 0.1) is 5.56 Å². The zero-order chi connectivity index (χ0) is 11.3. The summed E-state index contributed by atoms with van der Waals surface area (Å²) in [6.45, 7) is 0. The van der Waals surface area contributed by atoms with Crippen LogP contribution in [0.3, 0.4) is 0 Å². The average Bonchev–Trinajstić information content (AvgIpc) is 2.28. The van der Waals surface area contributed by atoms with Crippen LogP contribution < -0.4 is 5.48 Å². The van der Waals surface area contributed by atoms with Crippen LogP contribution in [0.15, 0.2) is 17.6 Å². The van der Waals surface area contributed by atoms with Crippen LogP contribution in [0.5, 0.6) is 0 Å². The third-order valence-corrected chi connectivity index (χ3v) is 8.18. The summed E-state index contributed by atoms with van der Waals surface area (Å²) < 4.78 is 0. The Bertz CT molecular complexity index is 369. The van der Waals surface area contributed by atoms with Gasteiger partial charge in [-0.2, -0.15) is 0 Å². The van der Waals surface area contributed by atoms with E-state index in [4.69, 9.17) is 16.4 Å². The molecule has 1 unspecified atom stereocenters. The van der Waals surface area contributed by atoms with Crippen molar-refractivity contribution >= 4 is 56.9 Å². The predicted octanol–water partition coefficient (Wildman–Crippen LogP) is 1.18. The second kappa shape index (κ2) is 6.66. The van der Waals surface area contributed by atoms with Crippen molar-refractivity contribution in [3.05, 3.63) is 18.0 Å². The first-order valence-electron chi connectivity index (χ1n) is 3.36. The maximum atomic E-state index is 10.9. The summed E-state index contributed by atoms with van der Waals surface area (Å²) in [4.78, 5) is 18.8. The quantitative estimate of drug-likeness (QED) is 0.253. The molecule has 0 aliphatic carbocycles. The minimum absolute atomic E-state index is 0.178. The highest BCUT2D eigenvalue weighted by molar-refractivity contribution is 9.24. The molecule has 0 saturated heterocycles. The van der Waals surface area contributed by atoms with Gasteiger partial charge in [0, 0.05) is 20.9 Å². The number of nitrogens with one attached hydrogen (secondary N) is 1. The van der Waals surface area contributed by atoms with E-state index in [9.17, 15) is 4.79 Å². The molecule has 0 radical (unpaired) electrons. The Hall–Kier alpha value is 0.130. The van der Waals surface area contributed by atoms with Crippen LogP contribution in [0.1, 0.15) is 10.4 Å². The number of hydroxylamine groups is 1. The molecule has 0 spiro atoms. The minimum atomic E-state index is -0.651. The fourth-order valence-electron chi connectivity index (χ4n) is 0.642. The number of carbonyl (C=O) groups is 1. The number of rotatable bonds is 4. The molecule has 2 N–H and O–H groups in total. The Labute approximate surface area is 105 Å². The predicted molar refractivity (Wildman–Crippen MR) is 68.4 cm³/mol. The summed E-state index contributed by atoms with van der Waals surface area (Å²) in [6.07, 6.45) is 2.62. The SMILES string of the molecule is O=C(NO)c1cnc(S(=S)SSS)nc1. The number of thiol groups is 1. The van der Waals surface area contributed by atoms with E-state index in [0.29, 0.717) is 5.16 Å². The van der Waals surface area contributed by atoms with Gasteiger partial charge in [-0.3, -0.25) is 10.0 Å². The Morgan fingerprint density at radius 1 is 1.60 bits per heavy atom. The molecular weight excluding hydrogens is 294 g/mol. The number of hydrogen-bond donors (Lipinski definition) is 3. The molecule has 0 aliphatic rings. The second-order valence-corrected chi connectivity index (χ2v) is 9.25. The highest BCUT2D eigenvalue weighted by Gasteiger charge is 2.08. The van der Waals surface area contributed by atoms with Crippen molar-refractivity contribution in [2.24, 2.45) is 0 Å². The Morgan fingerprint density at radius 2 is 2.20 bits per heavy atom. The number of hydrogen-bond acceptors (Lipinski definition) is 8. The number of aromatic nitrogens is 2. The van der Waals surface area contributed by atoms with Gasteiger partial charge < -0.3 is 0 Å². The molecule has 0 aliphatic heterocycles.